The Kier molecular flexibility index (Phi) is 6.98. The van der Waals surface area contributed by atoms with Gasteiger partial charge in [-0.05, 0) is 32.2 Å². The molecule has 1 fully saturated rings. The molecule has 1 rings (SSSR count). The zero-order valence-electron chi connectivity index (χ0n) is 10.0. The van der Waals surface area contributed by atoms with Crippen LogP contribution in [0, 0.1) is 0 Å². The van der Waals surface area contributed by atoms with Crippen LogP contribution in [-0.2, 0) is 4.74 Å². The summed E-state index contributed by atoms with van der Waals surface area (Å²) in [6, 6.07) is 1.22. The Labute approximate surface area is 93.8 Å². The molecule has 0 saturated heterocycles. The summed E-state index contributed by atoms with van der Waals surface area (Å²) in [5.74, 6) is 0. The first-order valence-electron chi connectivity index (χ1n) is 6.32. The van der Waals surface area contributed by atoms with Crippen molar-refractivity contribution in [2.24, 2.45) is 5.73 Å². The van der Waals surface area contributed by atoms with E-state index >= 15 is 0 Å². The second-order valence-corrected chi connectivity index (χ2v) is 4.58. The second-order valence-electron chi connectivity index (χ2n) is 4.58. The fourth-order valence-electron chi connectivity index (χ4n) is 2.38. The van der Waals surface area contributed by atoms with Gasteiger partial charge in [0.05, 0.1) is 6.61 Å². The minimum absolute atomic E-state index is 0.502. The molecule has 0 spiro atoms. The van der Waals surface area contributed by atoms with E-state index in [0.29, 0.717) is 6.04 Å². The lowest BCUT2D eigenvalue weighted by molar-refractivity contribution is 0.150. The molecule has 15 heavy (non-hydrogen) atoms. The topological polar surface area (TPSA) is 47.3 Å². The SMILES string of the molecule is COCC(CCCN)NC1CCCCC1. The monoisotopic (exact) mass is 214 g/mol. The summed E-state index contributed by atoms with van der Waals surface area (Å²) in [7, 11) is 1.78. The van der Waals surface area contributed by atoms with Crippen LogP contribution in [0.15, 0.2) is 0 Å². The van der Waals surface area contributed by atoms with E-state index in [-0.39, 0.29) is 0 Å². The van der Waals surface area contributed by atoms with E-state index in [0.717, 1.165) is 32.0 Å². The zero-order valence-corrected chi connectivity index (χ0v) is 10.0. The van der Waals surface area contributed by atoms with Crippen LogP contribution in [0.25, 0.3) is 0 Å². The van der Waals surface area contributed by atoms with Gasteiger partial charge < -0.3 is 15.8 Å². The van der Waals surface area contributed by atoms with Crippen LogP contribution in [0.4, 0.5) is 0 Å². The van der Waals surface area contributed by atoms with Crippen molar-refractivity contribution < 1.29 is 4.74 Å². The minimum Gasteiger partial charge on any atom is -0.383 e. The van der Waals surface area contributed by atoms with E-state index in [1.54, 1.807) is 7.11 Å². The Bertz CT molecular complexity index is 147. The van der Waals surface area contributed by atoms with E-state index in [1.165, 1.54) is 32.1 Å². The molecule has 3 heteroatoms. The molecule has 0 bridgehead atoms. The molecular weight excluding hydrogens is 188 g/mol. The molecule has 1 aliphatic rings. The van der Waals surface area contributed by atoms with Crippen molar-refractivity contribution in [3.05, 3.63) is 0 Å². The highest BCUT2D eigenvalue weighted by Gasteiger charge is 2.17. The Hall–Kier alpha value is -0.120. The van der Waals surface area contributed by atoms with E-state index in [4.69, 9.17) is 10.5 Å². The number of nitrogens with two attached hydrogens (primary N) is 1. The van der Waals surface area contributed by atoms with Gasteiger partial charge in [0.2, 0.25) is 0 Å². The molecule has 0 aliphatic heterocycles. The third kappa shape index (κ3) is 5.50. The van der Waals surface area contributed by atoms with Crippen molar-refractivity contribution in [2.45, 2.75) is 57.0 Å². The summed E-state index contributed by atoms with van der Waals surface area (Å²) in [5.41, 5.74) is 5.54. The third-order valence-corrected chi connectivity index (χ3v) is 3.20. The van der Waals surface area contributed by atoms with Gasteiger partial charge in [0, 0.05) is 19.2 Å². The Morgan fingerprint density at radius 1 is 1.33 bits per heavy atom. The van der Waals surface area contributed by atoms with Crippen LogP contribution in [0.1, 0.15) is 44.9 Å². The Morgan fingerprint density at radius 3 is 2.67 bits per heavy atom. The maximum absolute atomic E-state index is 5.54. The van der Waals surface area contributed by atoms with Gasteiger partial charge in [-0.15, -0.1) is 0 Å². The van der Waals surface area contributed by atoms with E-state index in [2.05, 4.69) is 5.32 Å². The molecule has 1 unspecified atom stereocenters. The van der Waals surface area contributed by atoms with Crippen LogP contribution in [0.5, 0.6) is 0 Å². The molecule has 0 radical (unpaired) electrons. The lowest BCUT2D eigenvalue weighted by Gasteiger charge is -2.28. The highest BCUT2D eigenvalue weighted by molar-refractivity contribution is 4.77. The Morgan fingerprint density at radius 2 is 2.07 bits per heavy atom. The molecule has 0 aromatic carbocycles. The van der Waals surface area contributed by atoms with Crippen LogP contribution in [-0.4, -0.2) is 32.3 Å². The summed E-state index contributed by atoms with van der Waals surface area (Å²) < 4.78 is 5.24. The highest BCUT2D eigenvalue weighted by atomic mass is 16.5. The molecule has 0 heterocycles. The number of ether oxygens (including phenoxy) is 1. The lowest BCUT2D eigenvalue weighted by atomic mass is 9.94. The average Bonchev–Trinajstić information content (AvgIpc) is 2.28. The summed E-state index contributed by atoms with van der Waals surface area (Å²) in [6.45, 7) is 1.60. The van der Waals surface area contributed by atoms with Gasteiger partial charge in [0.25, 0.3) is 0 Å². The fourth-order valence-corrected chi connectivity index (χ4v) is 2.38. The molecule has 3 N–H and O–H groups in total. The molecular formula is C12H26N2O. The van der Waals surface area contributed by atoms with Crippen molar-refractivity contribution >= 4 is 0 Å². The molecule has 1 atom stereocenters. The molecule has 0 amide bonds. The van der Waals surface area contributed by atoms with Gasteiger partial charge in [-0.3, -0.25) is 0 Å². The minimum atomic E-state index is 0.502. The molecule has 1 aliphatic carbocycles. The molecule has 0 aromatic rings. The highest BCUT2D eigenvalue weighted by Crippen LogP contribution is 2.18. The average molecular weight is 214 g/mol. The number of hydrogen-bond donors (Lipinski definition) is 2. The fraction of sp³-hybridized carbons (Fsp3) is 1.00. The number of nitrogens with one attached hydrogen (secondary N) is 1. The molecule has 1 saturated carbocycles. The van der Waals surface area contributed by atoms with Crippen molar-refractivity contribution in [1.82, 2.24) is 5.32 Å². The predicted octanol–water partition coefficient (Wildman–Crippen LogP) is 1.66. The van der Waals surface area contributed by atoms with Crippen molar-refractivity contribution in [1.29, 1.82) is 0 Å². The molecule has 3 nitrogen and oxygen atoms in total. The van der Waals surface area contributed by atoms with Gasteiger partial charge in [-0.1, -0.05) is 19.3 Å². The van der Waals surface area contributed by atoms with Gasteiger partial charge in [0.1, 0.15) is 0 Å². The summed E-state index contributed by atoms with van der Waals surface area (Å²) in [6.07, 6.45) is 9.08. The standard InChI is InChI=1S/C12H26N2O/c1-15-10-12(8-5-9-13)14-11-6-3-2-4-7-11/h11-12,14H,2-10,13H2,1H3. The van der Waals surface area contributed by atoms with Crippen molar-refractivity contribution in [3.8, 4) is 0 Å². The third-order valence-electron chi connectivity index (χ3n) is 3.20. The van der Waals surface area contributed by atoms with Crippen LogP contribution >= 0.6 is 0 Å². The van der Waals surface area contributed by atoms with E-state index in [9.17, 15) is 0 Å². The number of hydrogen-bond acceptors (Lipinski definition) is 3. The van der Waals surface area contributed by atoms with Crippen LogP contribution in [0.3, 0.4) is 0 Å². The summed E-state index contributed by atoms with van der Waals surface area (Å²) in [4.78, 5) is 0. The maximum atomic E-state index is 5.54. The number of methoxy groups -OCH3 is 1. The molecule has 0 aromatic heterocycles. The van der Waals surface area contributed by atoms with Gasteiger partial charge in [-0.2, -0.15) is 0 Å². The normalized spacial score (nSPS) is 20.4. The van der Waals surface area contributed by atoms with E-state index < -0.39 is 0 Å². The molecule has 90 valence electrons. The second kappa shape index (κ2) is 8.08. The smallest absolute Gasteiger partial charge is 0.0615 e. The Balaban J connectivity index is 2.21. The summed E-state index contributed by atoms with van der Waals surface area (Å²) >= 11 is 0. The first-order valence-corrected chi connectivity index (χ1v) is 6.32. The summed E-state index contributed by atoms with van der Waals surface area (Å²) in [5, 5.41) is 3.71. The van der Waals surface area contributed by atoms with Crippen LogP contribution < -0.4 is 11.1 Å². The van der Waals surface area contributed by atoms with Crippen LogP contribution in [0.2, 0.25) is 0 Å². The van der Waals surface area contributed by atoms with Gasteiger partial charge in [0.15, 0.2) is 0 Å². The van der Waals surface area contributed by atoms with Crippen molar-refractivity contribution in [3.63, 3.8) is 0 Å². The lowest BCUT2D eigenvalue weighted by Crippen LogP contribution is -2.42. The quantitative estimate of drug-likeness (QED) is 0.677. The number of rotatable bonds is 7. The predicted molar refractivity (Wildman–Crippen MR) is 64.0 cm³/mol. The first kappa shape index (κ1) is 12.9. The zero-order chi connectivity index (χ0) is 10.9. The van der Waals surface area contributed by atoms with Gasteiger partial charge >= 0.3 is 0 Å². The first-order chi connectivity index (χ1) is 7.36. The maximum Gasteiger partial charge on any atom is 0.0615 e. The van der Waals surface area contributed by atoms with E-state index in [1.807, 2.05) is 0 Å². The largest absolute Gasteiger partial charge is 0.383 e. The van der Waals surface area contributed by atoms with Gasteiger partial charge in [-0.25, -0.2) is 0 Å². The van der Waals surface area contributed by atoms with Crippen molar-refractivity contribution in [2.75, 3.05) is 20.3 Å².